The molecule has 0 spiro atoms. The van der Waals surface area contributed by atoms with Gasteiger partial charge in [-0.25, -0.2) is 0 Å². The summed E-state index contributed by atoms with van der Waals surface area (Å²) in [5.74, 6) is 0.0303. The number of carbonyl (C=O) groups is 1. The van der Waals surface area contributed by atoms with Gasteiger partial charge in [-0.15, -0.1) is 0 Å². The van der Waals surface area contributed by atoms with E-state index in [9.17, 15) is 4.79 Å². The molecule has 1 saturated heterocycles. The van der Waals surface area contributed by atoms with Crippen molar-refractivity contribution in [3.8, 4) is 0 Å². The molecule has 0 aliphatic carbocycles. The minimum Gasteiger partial charge on any atom is -0.462 e. The molecule has 1 rings (SSSR count). The lowest BCUT2D eigenvalue weighted by Gasteiger charge is -2.17. The number of carbonyl (C=O) groups excluding carboxylic acids is 1. The highest BCUT2D eigenvalue weighted by molar-refractivity contribution is 5.69. The Kier molecular flexibility index (Phi) is 8.12. The Bertz CT molecular complexity index is 201. The molecule has 17 heavy (non-hydrogen) atoms. The van der Waals surface area contributed by atoms with Gasteiger partial charge in [0.05, 0.1) is 0 Å². The first-order valence-electron chi connectivity index (χ1n) is 7.52. The van der Waals surface area contributed by atoms with Crippen molar-refractivity contribution in [1.29, 1.82) is 0 Å². The first-order valence-corrected chi connectivity index (χ1v) is 7.52. The molecular weight excluding hydrogens is 212 g/mol. The van der Waals surface area contributed by atoms with E-state index in [0.717, 1.165) is 25.7 Å². The van der Waals surface area contributed by atoms with E-state index >= 15 is 0 Å². The standard InChI is InChI=1S/C15H28O2/c1-2-11-14-12-9-7-5-3-4-6-8-10-13-15(16)17-14/h14H,2-13H2,1H3. The summed E-state index contributed by atoms with van der Waals surface area (Å²) in [5, 5.41) is 0. The van der Waals surface area contributed by atoms with E-state index in [1.165, 1.54) is 44.9 Å². The molecule has 1 atom stereocenters. The van der Waals surface area contributed by atoms with Crippen molar-refractivity contribution in [3.63, 3.8) is 0 Å². The van der Waals surface area contributed by atoms with E-state index in [1.807, 2.05) is 0 Å². The summed E-state index contributed by atoms with van der Waals surface area (Å²) in [5.41, 5.74) is 0. The zero-order valence-electron chi connectivity index (χ0n) is 11.4. The van der Waals surface area contributed by atoms with Gasteiger partial charge < -0.3 is 4.74 Å². The maximum absolute atomic E-state index is 11.6. The van der Waals surface area contributed by atoms with Gasteiger partial charge in [-0.05, 0) is 25.7 Å². The second-order valence-electron chi connectivity index (χ2n) is 5.27. The number of ether oxygens (including phenoxy) is 1. The molecule has 0 amide bonds. The summed E-state index contributed by atoms with van der Waals surface area (Å²) in [6.45, 7) is 2.16. The number of esters is 1. The average Bonchev–Trinajstić information content (AvgIpc) is 2.32. The quantitative estimate of drug-likeness (QED) is 0.659. The van der Waals surface area contributed by atoms with Crippen LogP contribution in [0, 0.1) is 0 Å². The fourth-order valence-electron chi connectivity index (χ4n) is 2.53. The van der Waals surface area contributed by atoms with Crippen LogP contribution in [-0.2, 0) is 9.53 Å². The van der Waals surface area contributed by atoms with Gasteiger partial charge in [0, 0.05) is 6.42 Å². The van der Waals surface area contributed by atoms with Crippen LogP contribution >= 0.6 is 0 Å². The van der Waals surface area contributed by atoms with Gasteiger partial charge >= 0.3 is 5.97 Å². The zero-order chi connectivity index (χ0) is 12.3. The van der Waals surface area contributed by atoms with E-state index < -0.39 is 0 Å². The predicted octanol–water partition coefficient (Wildman–Crippen LogP) is 4.61. The van der Waals surface area contributed by atoms with Crippen molar-refractivity contribution in [2.24, 2.45) is 0 Å². The summed E-state index contributed by atoms with van der Waals surface area (Å²) in [6, 6.07) is 0. The second-order valence-corrected chi connectivity index (χ2v) is 5.27. The first kappa shape index (κ1) is 14.5. The fourth-order valence-corrected chi connectivity index (χ4v) is 2.53. The van der Waals surface area contributed by atoms with Gasteiger partial charge in [0.25, 0.3) is 0 Å². The van der Waals surface area contributed by atoms with Crippen LogP contribution in [0.15, 0.2) is 0 Å². The van der Waals surface area contributed by atoms with E-state index in [4.69, 9.17) is 4.74 Å². The van der Waals surface area contributed by atoms with E-state index in [2.05, 4.69) is 6.92 Å². The van der Waals surface area contributed by atoms with Gasteiger partial charge in [0.2, 0.25) is 0 Å². The molecule has 1 aliphatic heterocycles. The SMILES string of the molecule is CCCC1CCCCCCCCCCC(=O)O1. The average molecular weight is 240 g/mol. The number of hydrogen-bond acceptors (Lipinski definition) is 2. The van der Waals surface area contributed by atoms with Crippen molar-refractivity contribution in [1.82, 2.24) is 0 Å². The molecule has 0 saturated carbocycles. The normalized spacial score (nSPS) is 25.2. The van der Waals surface area contributed by atoms with Crippen LogP contribution in [0.2, 0.25) is 0 Å². The molecule has 1 fully saturated rings. The maximum atomic E-state index is 11.6. The second kappa shape index (κ2) is 9.49. The Morgan fingerprint density at radius 3 is 2.24 bits per heavy atom. The Labute approximate surface area is 106 Å². The van der Waals surface area contributed by atoms with Crippen molar-refractivity contribution in [3.05, 3.63) is 0 Å². The van der Waals surface area contributed by atoms with E-state index in [0.29, 0.717) is 6.42 Å². The highest BCUT2D eigenvalue weighted by Crippen LogP contribution is 2.17. The molecule has 1 heterocycles. The van der Waals surface area contributed by atoms with Crippen LogP contribution in [0.5, 0.6) is 0 Å². The van der Waals surface area contributed by atoms with Gasteiger partial charge in [0.1, 0.15) is 6.10 Å². The molecule has 0 aromatic rings. The van der Waals surface area contributed by atoms with E-state index in [1.54, 1.807) is 0 Å². The highest BCUT2D eigenvalue weighted by Gasteiger charge is 2.13. The predicted molar refractivity (Wildman–Crippen MR) is 71.0 cm³/mol. The minimum absolute atomic E-state index is 0.0303. The largest absolute Gasteiger partial charge is 0.462 e. The van der Waals surface area contributed by atoms with Crippen molar-refractivity contribution in [2.45, 2.75) is 90.1 Å². The van der Waals surface area contributed by atoms with Crippen LogP contribution in [0.1, 0.15) is 84.0 Å². The van der Waals surface area contributed by atoms with Gasteiger partial charge in [0.15, 0.2) is 0 Å². The zero-order valence-corrected chi connectivity index (χ0v) is 11.4. The smallest absolute Gasteiger partial charge is 0.306 e. The number of cyclic esters (lactones) is 1. The summed E-state index contributed by atoms with van der Waals surface area (Å²) in [6.07, 6.45) is 14.1. The highest BCUT2D eigenvalue weighted by atomic mass is 16.5. The lowest BCUT2D eigenvalue weighted by Crippen LogP contribution is -2.18. The first-order chi connectivity index (χ1) is 8.33. The maximum Gasteiger partial charge on any atom is 0.306 e. The van der Waals surface area contributed by atoms with Crippen LogP contribution < -0.4 is 0 Å². The van der Waals surface area contributed by atoms with Crippen LogP contribution in [-0.4, -0.2) is 12.1 Å². The molecule has 0 radical (unpaired) electrons. The van der Waals surface area contributed by atoms with Gasteiger partial charge in [-0.3, -0.25) is 4.79 Å². The monoisotopic (exact) mass is 240 g/mol. The topological polar surface area (TPSA) is 26.3 Å². The molecule has 2 heteroatoms. The Morgan fingerprint density at radius 1 is 1.00 bits per heavy atom. The molecule has 2 nitrogen and oxygen atoms in total. The lowest BCUT2D eigenvalue weighted by atomic mass is 10.0. The van der Waals surface area contributed by atoms with Crippen molar-refractivity contribution >= 4 is 5.97 Å². The summed E-state index contributed by atoms with van der Waals surface area (Å²) >= 11 is 0. The molecular formula is C15H28O2. The Morgan fingerprint density at radius 2 is 1.59 bits per heavy atom. The lowest BCUT2D eigenvalue weighted by molar-refractivity contribution is -0.149. The molecule has 0 N–H and O–H groups in total. The molecule has 1 unspecified atom stereocenters. The van der Waals surface area contributed by atoms with Crippen LogP contribution in [0.25, 0.3) is 0 Å². The van der Waals surface area contributed by atoms with Crippen LogP contribution in [0.4, 0.5) is 0 Å². The molecule has 0 aromatic heterocycles. The Hall–Kier alpha value is -0.530. The van der Waals surface area contributed by atoms with Gasteiger partial charge in [-0.2, -0.15) is 0 Å². The number of rotatable bonds is 2. The number of hydrogen-bond donors (Lipinski definition) is 0. The van der Waals surface area contributed by atoms with Crippen molar-refractivity contribution in [2.75, 3.05) is 0 Å². The molecule has 100 valence electrons. The molecule has 0 aromatic carbocycles. The summed E-state index contributed by atoms with van der Waals surface area (Å²) in [4.78, 5) is 11.6. The third-order valence-corrected chi connectivity index (χ3v) is 3.57. The minimum atomic E-state index is 0.0303. The molecule has 0 bridgehead atoms. The summed E-state index contributed by atoms with van der Waals surface area (Å²) < 4.78 is 5.57. The Balaban J connectivity index is 2.35. The third-order valence-electron chi connectivity index (χ3n) is 3.57. The summed E-state index contributed by atoms with van der Waals surface area (Å²) in [7, 11) is 0. The van der Waals surface area contributed by atoms with Gasteiger partial charge in [-0.1, -0.05) is 51.9 Å². The fraction of sp³-hybridized carbons (Fsp3) is 0.933. The van der Waals surface area contributed by atoms with E-state index in [-0.39, 0.29) is 12.1 Å². The molecule has 1 aliphatic rings. The third kappa shape index (κ3) is 7.40. The van der Waals surface area contributed by atoms with Crippen molar-refractivity contribution < 1.29 is 9.53 Å². The van der Waals surface area contributed by atoms with Crippen LogP contribution in [0.3, 0.4) is 0 Å².